The summed E-state index contributed by atoms with van der Waals surface area (Å²) in [5.41, 5.74) is 1.74. The van der Waals surface area contributed by atoms with Crippen LogP contribution in [0, 0.1) is 0 Å². The second kappa shape index (κ2) is 3.49. The molecule has 0 atom stereocenters. The van der Waals surface area contributed by atoms with Gasteiger partial charge in [-0.3, -0.25) is 9.48 Å². The van der Waals surface area contributed by atoms with Crippen LogP contribution in [0.25, 0.3) is 11.3 Å². The largest absolute Gasteiger partial charge is 0.361 e. The van der Waals surface area contributed by atoms with Gasteiger partial charge in [0.1, 0.15) is 0 Å². The number of aromatic amines is 1. The summed E-state index contributed by atoms with van der Waals surface area (Å²) in [6.45, 7) is 2.85. The molecule has 0 saturated heterocycles. The summed E-state index contributed by atoms with van der Waals surface area (Å²) in [5, 5.41) is 4.14. The Labute approximate surface area is 81.2 Å². The van der Waals surface area contributed by atoms with Gasteiger partial charge in [-0.25, -0.2) is 0 Å². The van der Waals surface area contributed by atoms with Crippen LogP contribution >= 0.6 is 0 Å². The minimum absolute atomic E-state index is 0.00278. The van der Waals surface area contributed by atoms with Crippen molar-refractivity contribution in [2.45, 2.75) is 13.5 Å². The van der Waals surface area contributed by atoms with Gasteiger partial charge >= 0.3 is 0 Å². The smallest absolute Gasteiger partial charge is 0.182 e. The van der Waals surface area contributed by atoms with E-state index in [1.807, 2.05) is 17.8 Å². The third-order valence-electron chi connectivity index (χ3n) is 2.04. The van der Waals surface area contributed by atoms with Crippen LogP contribution in [0.4, 0.5) is 0 Å². The summed E-state index contributed by atoms with van der Waals surface area (Å²) in [7, 11) is 0. The molecule has 1 N–H and O–H groups in total. The van der Waals surface area contributed by atoms with Crippen molar-refractivity contribution >= 4 is 0 Å². The van der Waals surface area contributed by atoms with Crippen molar-refractivity contribution in [3.8, 4) is 11.3 Å². The molecule has 2 rings (SSSR count). The van der Waals surface area contributed by atoms with Gasteiger partial charge in [-0.1, -0.05) is 0 Å². The van der Waals surface area contributed by atoms with Crippen LogP contribution in [0.3, 0.4) is 0 Å². The average molecular weight is 189 g/mol. The Morgan fingerprint density at radius 2 is 2.43 bits per heavy atom. The van der Waals surface area contributed by atoms with E-state index in [2.05, 4.69) is 10.1 Å². The summed E-state index contributed by atoms with van der Waals surface area (Å²) >= 11 is 0. The molecule has 2 heterocycles. The number of rotatable bonds is 2. The molecule has 4 heteroatoms. The Bertz CT molecular complexity index is 484. The van der Waals surface area contributed by atoms with Crippen molar-refractivity contribution < 1.29 is 0 Å². The van der Waals surface area contributed by atoms with E-state index in [0.717, 1.165) is 17.8 Å². The first kappa shape index (κ1) is 8.74. The maximum Gasteiger partial charge on any atom is 0.182 e. The van der Waals surface area contributed by atoms with Crippen LogP contribution in [0.15, 0.2) is 35.5 Å². The number of hydrogen-bond donors (Lipinski definition) is 1. The number of nitrogens with zero attached hydrogens (tertiary/aromatic N) is 2. The third kappa shape index (κ3) is 1.59. The molecule has 4 nitrogen and oxygen atoms in total. The molecule has 72 valence electrons. The first-order chi connectivity index (χ1) is 6.79. The van der Waals surface area contributed by atoms with Gasteiger partial charge in [-0.15, -0.1) is 0 Å². The van der Waals surface area contributed by atoms with E-state index < -0.39 is 0 Å². The van der Waals surface area contributed by atoms with E-state index in [0.29, 0.717) is 0 Å². The van der Waals surface area contributed by atoms with Crippen LogP contribution < -0.4 is 5.43 Å². The van der Waals surface area contributed by atoms with Gasteiger partial charge < -0.3 is 4.98 Å². The Kier molecular flexibility index (Phi) is 2.18. The van der Waals surface area contributed by atoms with E-state index in [9.17, 15) is 4.79 Å². The highest BCUT2D eigenvalue weighted by Crippen LogP contribution is 2.12. The van der Waals surface area contributed by atoms with E-state index in [-0.39, 0.29) is 5.43 Å². The van der Waals surface area contributed by atoms with Crippen molar-refractivity contribution in [2.75, 3.05) is 0 Å². The summed E-state index contributed by atoms with van der Waals surface area (Å²) in [6.07, 6.45) is 5.29. The number of aryl methyl sites for hydroxylation is 1. The van der Waals surface area contributed by atoms with Gasteiger partial charge in [-0.05, 0) is 6.92 Å². The van der Waals surface area contributed by atoms with Gasteiger partial charge in [0.2, 0.25) is 0 Å². The number of H-pyrrole nitrogens is 1. The quantitative estimate of drug-likeness (QED) is 0.773. The minimum atomic E-state index is 0.00278. The molecule has 0 aliphatic rings. The Morgan fingerprint density at radius 3 is 3.07 bits per heavy atom. The Hall–Kier alpha value is -1.84. The van der Waals surface area contributed by atoms with E-state index in [4.69, 9.17) is 0 Å². The minimum Gasteiger partial charge on any atom is -0.361 e. The summed E-state index contributed by atoms with van der Waals surface area (Å²) in [6, 6.07) is 3.06. The lowest BCUT2D eigenvalue weighted by molar-refractivity contribution is 0.660. The lowest BCUT2D eigenvalue weighted by Gasteiger charge is -1.95. The summed E-state index contributed by atoms with van der Waals surface area (Å²) < 4.78 is 1.82. The molecule has 0 spiro atoms. The molecule has 0 fully saturated rings. The van der Waals surface area contributed by atoms with Crippen LogP contribution in [-0.2, 0) is 6.54 Å². The number of nitrogens with one attached hydrogen (secondary N) is 1. The summed E-state index contributed by atoms with van der Waals surface area (Å²) in [5.74, 6) is 0. The number of hydrogen-bond acceptors (Lipinski definition) is 2. The van der Waals surface area contributed by atoms with Gasteiger partial charge in [0.15, 0.2) is 5.43 Å². The molecule has 0 amide bonds. The lowest BCUT2D eigenvalue weighted by atomic mass is 10.2. The molecule has 2 aromatic heterocycles. The molecule has 0 aliphatic heterocycles. The van der Waals surface area contributed by atoms with Gasteiger partial charge in [0, 0.05) is 36.6 Å². The first-order valence-corrected chi connectivity index (χ1v) is 4.51. The zero-order chi connectivity index (χ0) is 9.97. The average Bonchev–Trinajstić information content (AvgIpc) is 2.66. The van der Waals surface area contributed by atoms with Gasteiger partial charge in [-0.2, -0.15) is 5.10 Å². The third-order valence-corrected chi connectivity index (χ3v) is 2.04. The van der Waals surface area contributed by atoms with E-state index >= 15 is 0 Å². The lowest BCUT2D eigenvalue weighted by Crippen LogP contribution is -1.97. The van der Waals surface area contributed by atoms with Crippen molar-refractivity contribution in [1.29, 1.82) is 0 Å². The molecule has 2 aromatic rings. The highest BCUT2D eigenvalue weighted by atomic mass is 16.1. The van der Waals surface area contributed by atoms with E-state index in [1.54, 1.807) is 18.5 Å². The highest BCUT2D eigenvalue weighted by molar-refractivity contribution is 5.56. The Morgan fingerprint density at radius 1 is 1.57 bits per heavy atom. The maximum atomic E-state index is 11.1. The standard InChI is InChI=1S/C10H11N3O/c1-2-13-7-8(6-12-13)10-5-9(14)3-4-11-10/h3-7H,2H2,1H3,(H,11,14). The fourth-order valence-corrected chi connectivity index (χ4v) is 1.29. The van der Waals surface area contributed by atoms with Crippen molar-refractivity contribution in [1.82, 2.24) is 14.8 Å². The zero-order valence-electron chi connectivity index (χ0n) is 7.90. The predicted octanol–water partition coefficient (Wildman–Crippen LogP) is 1.26. The van der Waals surface area contributed by atoms with Crippen LogP contribution in [0.5, 0.6) is 0 Å². The highest BCUT2D eigenvalue weighted by Gasteiger charge is 2.00. The number of pyridine rings is 1. The molecular formula is C10H11N3O. The molecule has 0 unspecified atom stereocenters. The second-order valence-corrected chi connectivity index (χ2v) is 3.02. The van der Waals surface area contributed by atoms with Crippen molar-refractivity contribution in [3.63, 3.8) is 0 Å². The maximum absolute atomic E-state index is 11.1. The predicted molar refractivity (Wildman–Crippen MR) is 54.0 cm³/mol. The van der Waals surface area contributed by atoms with Crippen LogP contribution in [0.2, 0.25) is 0 Å². The topological polar surface area (TPSA) is 50.7 Å². The fourth-order valence-electron chi connectivity index (χ4n) is 1.29. The molecule has 0 radical (unpaired) electrons. The van der Waals surface area contributed by atoms with E-state index in [1.165, 1.54) is 6.07 Å². The Balaban J connectivity index is 2.44. The molecule has 0 saturated carbocycles. The monoisotopic (exact) mass is 189 g/mol. The first-order valence-electron chi connectivity index (χ1n) is 4.51. The van der Waals surface area contributed by atoms with Crippen LogP contribution in [0.1, 0.15) is 6.92 Å². The molecule has 0 aliphatic carbocycles. The molecular weight excluding hydrogens is 178 g/mol. The van der Waals surface area contributed by atoms with Crippen molar-refractivity contribution in [3.05, 3.63) is 40.9 Å². The molecule has 14 heavy (non-hydrogen) atoms. The molecule has 0 bridgehead atoms. The normalized spacial score (nSPS) is 10.4. The second-order valence-electron chi connectivity index (χ2n) is 3.02. The van der Waals surface area contributed by atoms with Crippen LogP contribution in [-0.4, -0.2) is 14.8 Å². The van der Waals surface area contributed by atoms with Gasteiger partial charge in [0.25, 0.3) is 0 Å². The van der Waals surface area contributed by atoms with Gasteiger partial charge in [0.05, 0.1) is 11.9 Å². The zero-order valence-corrected chi connectivity index (χ0v) is 7.90. The number of aromatic nitrogens is 3. The fraction of sp³-hybridized carbons (Fsp3) is 0.200. The summed E-state index contributed by atoms with van der Waals surface area (Å²) in [4.78, 5) is 14.1. The SMILES string of the molecule is CCn1cc(-c2cc(=O)cc[nH]2)cn1. The van der Waals surface area contributed by atoms with Crippen molar-refractivity contribution in [2.24, 2.45) is 0 Å². The molecule has 0 aromatic carbocycles.